The number of methoxy groups -OCH3 is 1. The molecule has 21 heavy (non-hydrogen) atoms. The topological polar surface area (TPSA) is 86.1 Å². The Morgan fingerprint density at radius 1 is 1.29 bits per heavy atom. The molecule has 0 N–H and O–H groups in total. The number of aryl methyl sites for hydroxylation is 1. The summed E-state index contributed by atoms with van der Waals surface area (Å²) in [6.07, 6.45) is 3.81. The number of hydrogen-bond acceptors (Lipinski definition) is 6. The summed E-state index contributed by atoms with van der Waals surface area (Å²) in [6, 6.07) is 1.73. The zero-order valence-corrected chi connectivity index (χ0v) is 11.8. The van der Waals surface area contributed by atoms with E-state index in [-0.39, 0.29) is 19.3 Å². The van der Waals surface area contributed by atoms with Crippen molar-refractivity contribution < 1.29 is 28.4 Å². The molecular formula is C14H17NO6. The van der Waals surface area contributed by atoms with E-state index in [1.807, 2.05) is 0 Å². The van der Waals surface area contributed by atoms with Crippen LogP contribution >= 0.6 is 0 Å². The Morgan fingerprint density at radius 3 is 2.67 bits per heavy atom. The summed E-state index contributed by atoms with van der Waals surface area (Å²) >= 11 is 0. The fourth-order valence-electron chi connectivity index (χ4n) is 2.05. The zero-order chi connectivity index (χ0) is 15.2. The number of hydrogen-bond donors (Lipinski definition) is 0. The summed E-state index contributed by atoms with van der Waals surface area (Å²) in [4.78, 5) is 38.9. The Balaban J connectivity index is 1.68. The lowest BCUT2D eigenvalue weighted by Gasteiger charge is -2.12. The molecule has 0 spiro atoms. The minimum atomic E-state index is -0.579. The summed E-state index contributed by atoms with van der Waals surface area (Å²) in [7, 11) is 1.57. The van der Waals surface area contributed by atoms with Gasteiger partial charge in [0.15, 0.2) is 5.75 Å². The van der Waals surface area contributed by atoms with Gasteiger partial charge >= 0.3 is 5.97 Å². The van der Waals surface area contributed by atoms with E-state index in [1.54, 1.807) is 19.4 Å². The number of amides is 2. The summed E-state index contributed by atoms with van der Waals surface area (Å²) in [5, 5.41) is 0.567. The average molecular weight is 295 g/mol. The van der Waals surface area contributed by atoms with Crippen molar-refractivity contribution in [3.63, 3.8) is 0 Å². The van der Waals surface area contributed by atoms with Gasteiger partial charge in [0.25, 0.3) is 11.8 Å². The number of hydroxylamine groups is 2. The molecule has 1 saturated heterocycles. The third-order valence-electron chi connectivity index (χ3n) is 3.16. The van der Waals surface area contributed by atoms with Crippen molar-refractivity contribution in [2.75, 3.05) is 7.11 Å². The number of carbonyl (C=O) groups is 3. The van der Waals surface area contributed by atoms with Crippen LogP contribution in [-0.4, -0.2) is 30.0 Å². The molecule has 2 rings (SSSR count). The first-order valence-corrected chi connectivity index (χ1v) is 6.78. The number of unbranched alkanes of at least 4 members (excludes halogenated alkanes) is 1. The van der Waals surface area contributed by atoms with Gasteiger partial charge < -0.3 is 14.0 Å². The second-order valence-corrected chi connectivity index (χ2v) is 4.66. The van der Waals surface area contributed by atoms with E-state index >= 15 is 0 Å². The van der Waals surface area contributed by atoms with E-state index in [2.05, 4.69) is 0 Å². The van der Waals surface area contributed by atoms with Crippen molar-refractivity contribution in [3.05, 3.63) is 18.1 Å². The predicted octanol–water partition coefficient (Wildman–Crippen LogP) is 1.61. The lowest BCUT2D eigenvalue weighted by Crippen LogP contribution is -2.31. The third-order valence-corrected chi connectivity index (χ3v) is 3.16. The monoisotopic (exact) mass is 295 g/mol. The van der Waals surface area contributed by atoms with E-state index in [0.717, 1.165) is 5.76 Å². The van der Waals surface area contributed by atoms with Crippen LogP contribution in [0.1, 0.15) is 37.9 Å². The normalized spacial score (nSPS) is 14.6. The number of carbonyl (C=O) groups excluding carboxylic acids is 3. The third kappa shape index (κ3) is 3.84. The van der Waals surface area contributed by atoms with Crippen LogP contribution in [0.5, 0.6) is 5.75 Å². The first-order chi connectivity index (χ1) is 10.1. The molecule has 0 unspecified atom stereocenters. The van der Waals surface area contributed by atoms with Gasteiger partial charge in [-0.1, -0.05) is 0 Å². The Labute approximate surface area is 121 Å². The van der Waals surface area contributed by atoms with Gasteiger partial charge in [0.2, 0.25) is 0 Å². The zero-order valence-electron chi connectivity index (χ0n) is 11.8. The number of ether oxygens (including phenoxy) is 1. The number of imide groups is 1. The van der Waals surface area contributed by atoms with Crippen LogP contribution in [0.3, 0.4) is 0 Å². The molecule has 0 radical (unpaired) electrons. The van der Waals surface area contributed by atoms with Gasteiger partial charge in [0, 0.05) is 31.7 Å². The Hall–Kier alpha value is -2.31. The highest BCUT2D eigenvalue weighted by molar-refractivity contribution is 6.01. The fourth-order valence-corrected chi connectivity index (χ4v) is 2.05. The van der Waals surface area contributed by atoms with E-state index in [4.69, 9.17) is 14.0 Å². The fraction of sp³-hybridized carbons (Fsp3) is 0.500. The van der Waals surface area contributed by atoms with E-state index in [1.165, 1.54) is 0 Å². The summed E-state index contributed by atoms with van der Waals surface area (Å²) in [5.74, 6) is -0.0889. The minimum absolute atomic E-state index is 0.102. The number of furan rings is 1. The van der Waals surface area contributed by atoms with Crippen molar-refractivity contribution >= 4 is 17.8 Å². The standard InChI is InChI=1S/C14H17NO6/c1-19-10-8-9-20-11(10)4-2-3-5-14(18)21-15-12(16)6-7-13(15)17/h8-9H,2-7H2,1H3. The number of nitrogens with zero attached hydrogens (tertiary/aromatic N) is 1. The molecule has 1 aromatic rings. The molecule has 0 aromatic carbocycles. The summed E-state index contributed by atoms with van der Waals surface area (Å²) < 4.78 is 10.4. The molecule has 0 atom stereocenters. The van der Waals surface area contributed by atoms with Gasteiger partial charge in [-0.25, -0.2) is 4.79 Å². The Kier molecular flexibility index (Phi) is 4.97. The second-order valence-electron chi connectivity index (χ2n) is 4.66. The van der Waals surface area contributed by atoms with Gasteiger partial charge in [-0.3, -0.25) is 9.59 Å². The first kappa shape index (κ1) is 15.1. The molecular weight excluding hydrogens is 278 g/mol. The van der Waals surface area contributed by atoms with Crippen molar-refractivity contribution in [1.29, 1.82) is 0 Å². The van der Waals surface area contributed by atoms with Gasteiger partial charge in [0.05, 0.1) is 13.4 Å². The van der Waals surface area contributed by atoms with Crippen LogP contribution in [0, 0.1) is 0 Å². The molecule has 0 aliphatic carbocycles. The lowest BCUT2D eigenvalue weighted by atomic mass is 10.1. The lowest BCUT2D eigenvalue weighted by molar-refractivity contribution is -0.197. The maximum Gasteiger partial charge on any atom is 0.333 e. The molecule has 7 nitrogen and oxygen atoms in total. The molecule has 1 aliphatic heterocycles. The van der Waals surface area contributed by atoms with E-state index in [9.17, 15) is 14.4 Å². The Bertz CT molecular complexity index is 519. The molecule has 1 aromatic heterocycles. The van der Waals surface area contributed by atoms with Crippen molar-refractivity contribution in [3.8, 4) is 5.75 Å². The SMILES string of the molecule is COc1ccoc1CCCCC(=O)ON1C(=O)CCC1=O. The highest BCUT2D eigenvalue weighted by Gasteiger charge is 2.32. The molecule has 7 heteroatoms. The summed E-state index contributed by atoms with van der Waals surface area (Å²) in [5.41, 5.74) is 0. The van der Waals surface area contributed by atoms with Crippen molar-refractivity contribution in [2.45, 2.75) is 38.5 Å². The molecule has 2 heterocycles. The van der Waals surface area contributed by atoms with Crippen LogP contribution in [0.2, 0.25) is 0 Å². The van der Waals surface area contributed by atoms with E-state index < -0.39 is 17.8 Å². The highest BCUT2D eigenvalue weighted by atomic mass is 16.7. The molecule has 1 aliphatic rings. The predicted molar refractivity (Wildman–Crippen MR) is 70.0 cm³/mol. The molecule has 114 valence electrons. The maximum absolute atomic E-state index is 11.6. The van der Waals surface area contributed by atoms with Gasteiger partial charge in [-0.05, 0) is 12.8 Å². The quantitative estimate of drug-likeness (QED) is 0.561. The average Bonchev–Trinajstić information content (AvgIpc) is 3.05. The number of rotatable bonds is 7. The molecule has 0 bridgehead atoms. The van der Waals surface area contributed by atoms with Crippen LogP contribution in [-0.2, 0) is 25.6 Å². The minimum Gasteiger partial charge on any atom is -0.493 e. The molecule has 1 fully saturated rings. The van der Waals surface area contributed by atoms with Gasteiger partial charge in [-0.2, -0.15) is 0 Å². The molecule has 2 amide bonds. The second kappa shape index (κ2) is 6.92. The van der Waals surface area contributed by atoms with Crippen LogP contribution in [0.4, 0.5) is 0 Å². The van der Waals surface area contributed by atoms with Crippen LogP contribution in [0.25, 0.3) is 0 Å². The van der Waals surface area contributed by atoms with E-state index in [0.29, 0.717) is 30.1 Å². The Morgan fingerprint density at radius 2 is 2.00 bits per heavy atom. The smallest absolute Gasteiger partial charge is 0.333 e. The van der Waals surface area contributed by atoms with Gasteiger partial charge in [0.1, 0.15) is 5.76 Å². The summed E-state index contributed by atoms with van der Waals surface area (Å²) in [6.45, 7) is 0. The van der Waals surface area contributed by atoms with Crippen molar-refractivity contribution in [2.24, 2.45) is 0 Å². The molecule has 0 saturated carbocycles. The maximum atomic E-state index is 11.6. The first-order valence-electron chi connectivity index (χ1n) is 6.78. The van der Waals surface area contributed by atoms with Crippen molar-refractivity contribution in [1.82, 2.24) is 5.06 Å². The van der Waals surface area contributed by atoms with Crippen LogP contribution < -0.4 is 4.74 Å². The highest BCUT2D eigenvalue weighted by Crippen LogP contribution is 2.21. The largest absolute Gasteiger partial charge is 0.493 e. The van der Waals surface area contributed by atoms with Crippen LogP contribution in [0.15, 0.2) is 16.7 Å². The van der Waals surface area contributed by atoms with Gasteiger partial charge in [-0.15, -0.1) is 5.06 Å².